The molecule has 2 saturated heterocycles. The Balaban J connectivity index is 1.69. The fourth-order valence-corrected chi connectivity index (χ4v) is 4.96. The van der Waals surface area contributed by atoms with Gasteiger partial charge in [-0.15, -0.1) is 11.6 Å². The van der Waals surface area contributed by atoms with Gasteiger partial charge in [0.05, 0.1) is 24.5 Å². The molecule has 0 amide bonds. The van der Waals surface area contributed by atoms with Gasteiger partial charge in [-0.05, 0) is 19.3 Å². The van der Waals surface area contributed by atoms with Gasteiger partial charge < -0.3 is 24.4 Å². The smallest absolute Gasteiger partial charge is 0.339 e. The normalized spacial score (nSPS) is 45.0. The van der Waals surface area contributed by atoms with Crippen LogP contribution >= 0.6 is 11.6 Å². The first kappa shape index (κ1) is 18.9. The number of esters is 2. The maximum absolute atomic E-state index is 12.4. The number of hydrogen-bond acceptors (Lipinski definition) is 7. The van der Waals surface area contributed by atoms with Crippen LogP contribution in [-0.2, 0) is 23.8 Å². The summed E-state index contributed by atoms with van der Waals surface area (Å²) in [4.78, 5) is 24.7. The van der Waals surface area contributed by atoms with Crippen molar-refractivity contribution >= 4 is 23.5 Å². The van der Waals surface area contributed by atoms with Gasteiger partial charge in [0.1, 0.15) is 17.8 Å². The summed E-state index contributed by atoms with van der Waals surface area (Å²) in [5, 5.41) is 20.6. The van der Waals surface area contributed by atoms with Gasteiger partial charge in [0.15, 0.2) is 5.60 Å². The van der Waals surface area contributed by atoms with Gasteiger partial charge in [0.2, 0.25) is 0 Å². The summed E-state index contributed by atoms with van der Waals surface area (Å²) >= 11 is 5.66. The molecule has 1 spiro atoms. The van der Waals surface area contributed by atoms with Gasteiger partial charge >= 0.3 is 11.9 Å². The molecule has 0 aromatic heterocycles. The molecule has 2 aliphatic heterocycles. The van der Waals surface area contributed by atoms with Gasteiger partial charge in [-0.25, -0.2) is 9.59 Å². The largest absolute Gasteiger partial charge is 0.459 e. The number of halogens is 1. The fraction of sp³-hybridized carbons (Fsp3) is 0.684. The van der Waals surface area contributed by atoms with Crippen LogP contribution in [0.4, 0.5) is 0 Å². The Hall–Kier alpha value is -1.41. The lowest BCUT2D eigenvalue weighted by molar-refractivity contribution is -0.170. The van der Waals surface area contributed by atoms with Crippen LogP contribution in [0.15, 0.2) is 24.3 Å². The SMILES string of the molecule is C=C1C(=O)O[C@H]2[C@H]1[C@@H](OC(=O)[C@](C)(O)CCl)CC(=C)[C@@H]1C[C@H](O)[C@@]3(CO3)[C@H]21. The maximum Gasteiger partial charge on any atom is 0.339 e. The van der Waals surface area contributed by atoms with Crippen LogP contribution in [0.1, 0.15) is 19.8 Å². The molecule has 2 N–H and O–H groups in total. The number of fused-ring (bicyclic) bond motifs is 4. The second-order valence-corrected chi connectivity index (χ2v) is 8.53. The van der Waals surface area contributed by atoms with Crippen LogP contribution in [0.25, 0.3) is 0 Å². The third kappa shape index (κ3) is 2.67. The van der Waals surface area contributed by atoms with E-state index in [1.54, 1.807) is 0 Å². The van der Waals surface area contributed by atoms with E-state index in [0.717, 1.165) is 5.57 Å². The maximum atomic E-state index is 12.4. The van der Waals surface area contributed by atoms with E-state index in [2.05, 4.69) is 13.2 Å². The number of epoxide rings is 1. The highest BCUT2D eigenvalue weighted by molar-refractivity contribution is 6.20. The molecule has 8 atom stereocenters. The van der Waals surface area contributed by atoms with E-state index in [0.29, 0.717) is 13.0 Å². The fourth-order valence-electron chi connectivity index (χ4n) is 4.86. The lowest BCUT2D eigenvalue weighted by Crippen LogP contribution is -2.45. The highest BCUT2D eigenvalue weighted by Gasteiger charge is 2.71. The quantitative estimate of drug-likeness (QED) is 0.237. The van der Waals surface area contributed by atoms with Crippen LogP contribution in [0.2, 0.25) is 0 Å². The van der Waals surface area contributed by atoms with E-state index in [1.807, 2.05) is 0 Å². The molecule has 2 aliphatic carbocycles. The molecule has 4 rings (SSSR count). The van der Waals surface area contributed by atoms with E-state index in [4.69, 9.17) is 25.8 Å². The Morgan fingerprint density at radius 1 is 1.48 bits per heavy atom. The molecule has 8 heteroatoms. The topological polar surface area (TPSA) is 106 Å². The molecule has 0 aromatic rings. The van der Waals surface area contributed by atoms with Crippen LogP contribution in [0.5, 0.6) is 0 Å². The van der Waals surface area contributed by atoms with Crippen molar-refractivity contribution in [3.63, 3.8) is 0 Å². The average Bonchev–Trinajstić information content (AvgIpc) is 3.29. The van der Waals surface area contributed by atoms with Crippen molar-refractivity contribution < 1.29 is 34.0 Å². The van der Waals surface area contributed by atoms with E-state index < -0.39 is 47.4 Å². The monoisotopic (exact) mass is 398 g/mol. The van der Waals surface area contributed by atoms with Crippen LogP contribution in [0.3, 0.4) is 0 Å². The number of rotatable bonds is 3. The number of carbonyl (C=O) groups excluding carboxylic acids is 2. The van der Waals surface area contributed by atoms with Crippen molar-refractivity contribution in [1.29, 1.82) is 0 Å². The minimum absolute atomic E-state index is 0.120. The molecule has 27 heavy (non-hydrogen) atoms. The Morgan fingerprint density at radius 3 is 2.74 bits per heavy atom. The lowest BCUT2D eigenvalue weighted by atomic mass is 9.78. The molecule has 2 heterocycles. The first-order valence-corrected chi connectivity index (χ1v) is 9.54. The van der Waals surface area contributed by atoms with E-state index in [-0.39, 0.29) is 29.7 Å². The summed E-state index contributed by atoms with van der Waals surface area (Å²) < 4.78 is 16.8. The molecule has 4 aliphatic rings. The molecule has 7 nitrogen and oxygen atoms in total. The second kappa shape index (κ2) is 6.04. The molecule has 4 fully saturated rings. The lowest BCUT2D eigenvalue weighted by Gasteiger charge is -2.31. The Morgan fingerprint density at radius 2 is 2.15 bits per heavy atom. The number of hydrogen-bond donors (Lipinski definition) is 2. The molecule has 0 unspecified atom stereocenters. The summed E-state index contributed by atoms with van der Waals surface area (Å²) in [6.07, 6.45) is -1.31. The standard InChI is InChI=1S/C19H23ClO7/c1-8-4-11(26-17(23)18(3,24)6-20)13-9(2)16(22)27-15(13)14-10(8)5-12(21)19(14)7-25-19/h10-15,21,24H,1-2,4-7H2,3H3/t10-,11-,12-,13+,14-,15-,18+,19-/m0/s1. The highest BCUT2D eigenvalue weighted by atomic mass is 35.5. The van der Waals surface area contributed by atoms with Gasteiger partial charge in [-0.2, -0.15) is 0 Å². The van der Waals surface area contributed by atoms with Gasteiger partial charge in [0, 0.05) is 17.9 Å². The highest BCUT2D eigenvalue weighted by Crippen LogP contribution is 2.60. The van der Waals surface area contributed by atoms with Crippen molar-refractivity contribution in [3.8, 4) is 0 Å². The number of aliphatic hydroxyl groups is 2. The Kier molecular flexibility index (Phi) is 4.24. The zero-order valence-electron chi connectivity index (χ0n) is 15.0. The van der Waals surface area contributed by atoms with Crippen molar-refractivity contribution in [1.82, 2.24) is 0 Å². The van der Waals surface area contributed by atoms with Crippen molar-refractivity contribution in [3.05, 3.63) is 24.3 Å². The zero-order valence-corrected chi connectivity index (χ0v) is 15.8. The minimum atomic E-state index is -1.84. The van der Waals surface area contributed by atoms with Crippen LogP contribution < -0.4 is 0 Å². The van der Waals surface area contributed by atoms with Gasteiger partial charge in [0.25, 0.3) is 0 Å². The molecular formula is C19H23ClO7. The summed E-state index contributed by atoms with van der Waals surface area (Å²) in [5.41, 5.74) is -1.58. The van der Waals surface area contributed by atoms with Crippen molar-refractivity contribution in [2.45, 2.75) is 49.3 Å². The third-order valence-electron chi connectivity index (χ3n) is 6.48. The molecule has 0 radical (unpaired) electrons. The Labute approximate surface area is 161 Å². The van der Waals surface area contributed by atoms with Crippen molar-refractivity contribution in [2.75, 3.05) is 12.5 Å². The predicted octanol–water partition coefficient (Wildman–Crippen LogP) is 0.712. The van der Waals surface area contributed by atoms with Gasteiger partial charge in [-0.1, -0.05) is 18.7 Å². The molecule has 0 bridgehead atoms. The minimum Gasteiger partial charge on any atom is -0.459 e. The number of carbonyl (C=O) groups is 2. The summed E-state index contributed by atoms with van der Waals surface area (Å²) in [6, 6.07) is 0. The summed E-state index contributed by atoms with van der Waals surface area (Å²) in [7, 11) is 0. The molecule has 2 saturated carbocycles. The summed E-state index contributed by atoms with van der Waals surface area (Å²) in [5.74, 6) is -2.72. The molecule has 0 aromatic carbocycles. The predicted molar refractivity (Wildman–Crippen MR) is 93.8 cm³/mol. The molecular weight excluding hydrogens is 376 g/mol. The van der Waals surface area contributed by atoms with E-state index in [1.165, 1.54) is 6.92 Å². The molecule has 148 valence electrons. The summed E-state index contributed by atoms with van der Waals surface area (Å²) in [6.45, 7) is 9.64. The Bertz CT molecular complexity index is 726. The number of ether oxygens (including phenoxy) is 3. The van der Waals surface area contributed by atoms with Crippen molar-refractivity contribution in [2.24, 2.45) is 17.8 Å². The zero-order chi connectivity index (χ0) is 19.7. The van der Waals surface area contributed by atoms with Crippen LogP contribution in [-0.4, -0.2) is 64.2 Å². The van der Waals surface area contributed by atoms with Crippen LogP contribution in [0, 0.1) is 17.8 Å². The third-order valence-corrected chi connectivity index (χ3v) is 7.00. The van der Waals surface area contributed by atoms with E-state index >= 15 is 0 Å². The average molecular weight is 399 g/mol. The first-order valence-electron chi connectivity index (χ1n) is 9.01. The number of alkyl halides is 1. The number of aliphatic hydroxyl groups excluding tert-OH is 1. The second-order valence-electron chi connectivity index (χ2n) is 8.26. The van der Waals surface area contributed by atoms with Gasteiger partial charge in [-0.3, -0.25) is 0 Å². The van der Waals surface area contributed by atoms with E-state index in [9.17, 15) is 19.8 Å². The first-order chi connectivity index (χ1) is 12.6.